The number of rotatable bonds is 5. The van der Waals surface area contributed by atoms with Crippen LogP contribution in [-0.4, -0.2) is 59.1 Å². The van der Waals surface area contributed by atoms with Crippen molar-refractivity contribution in [3.05, 3.63) is 47.5 Å². The Balaban J connectivity index is 1.27. The van der Waals surface area contributed by atoms with Crippen LogP contribution in [0, 0.1) is 0 Å². The van der Waals surface area contributed by atoms with Gasteiger partial charge in [0.25, 0.3) is 0 Å². The Bertz CT molecular complexity index is 850. The normalized spacial score (nSPS) is 16.0. The van der Waals surface area contributed by atoms with Gasteiger partial charge in [-0.05, 0) is 11.4 Å². The monoisotopic (exact) mass is 386 g/mol. The van der Waals surface area contributed by atoms with Crippen LogP contribution in [-0.2, 0) is 13.1 Å². The molecule has 8 nitrogen and oxygen atoms in total. The molecule has 9 heteroatoms. The standard InChI is InChI=1S/C18H22N6O2S/c1-19-18(20-11-15-13-25-17(21-15)16-3-2-10-27-16)24-7-5-23(6-8-24)12-14-4-9-26-22-14/h2-4,9-10,13H,5-8,11-12H2,1H3,(H,19,20). The molecular formula is C18H22N6O2S. The first kappa shape index (κ1) is 17.7. The van der Waals surface area contributed by atoms with Crippen LogP contribution >= 0.6 is 11.3 Å². The summed E-state index contributed by atoms with van der Waals surface area (Å²) in [6.45, 7) is 5.15. The van der Waals surface area contributed by atoms with Crippen LogP contribution in [0.1, 0.15) is 11.4 Å². The number of aromatic nitrogens is 2. The van der Waals surface area contributed by atoms with Crippen molar-refractivity contribution in [3.8, 4) is 10.8 Å². The molecule has 0 saturated carbocycles. The van der Waals surface area contributed by atoms with Crippen molar-refractivity contribution in [3.63, 3.8) is 0 Å². The SMILES string of the molecule is CN=C(NCc1coc(-c2cccs2)n1)N1CCN(Cc2ccon2)CC1. The van der Waals surface area contributed by atoms with E-state index in [2.05, 4.69) is 30.2 Å². The molecule has 0 amide bonds. The molecule has 3 aromatic heterocycles. The molecule has 1 fully saturated rings. The lowest BCUT2D eigenvalue weighted by Crippen LogP contribution is -2.52. The third kappa shape index (κ3) is 4.37. The number of hydrogen-bond donors (Lipinski definition) is 1. The summed E-state index contributed by atoms with van der Waals surface area (Å²) >= 11 is 1.62. The van der Waals surface area contributed by atoms with Gasteiger partial charge in [-0.3, -0.25) is 9.89 Å². The highest BCUT2D eigenvalue weighted by molar-refractivity contribution is 7.13. The first-order valence-electron chi connectivity index (χ1n) is 8.87. The quantitative estimate of drug-likeness (QED) is 0.532. The zero-order chi connectivity index (χ0) is 18.5. The predicted octanol–water partition coefficient (Wildman–Crippen LogP) is 2.28. The van der Waals surface area contributed by atoms with E-state index >= 15 is 0 Å². The van der Waals surface area contributed by atoms with Gasteiger partial charge < -0.3 is 19.2 Å². The van der Waals surface area contributed by atoms with Crippen LogP contribution in [0.3, 0.4) is 0 Å². The number of nitrogens with one attached hydrogen (secondary N) is 1. The number of piperazine rings is 1. The average Bonchev–Trinajstić information content (AvgIpc) is 3.46. The minimum absolute atomic E-state index is 0.584. The maximum Gasteiger partial charge on any atom is 0.236 e. The van der Waals surface area contributed by atoms with E-state index < -0.39 is 0 Å². The van der Waals surface area contributed by atoms with E-state index in [1.54, 1.807) is 23.9 Å². The smallest absolute Gasteiger partial charge is 0.236 e. The van der Waals surface area contributed by atoms with E-state index in [-0.39, 0.29) is 0 Å². The van der Waals surface area contributed by atoms with Crippen molar-refractivity contribution in [1.29, 1.82) is 0 Å². The lowest BCUT2D eigenvalue weighted by Gasteiger charge is -2.36. The van der Waals surface area contributed by atoms with Crippen LogP contribution in [0.2, 0.25) is 0 Å². The Morgan fingerprint density at radius 3 is 2.85 bits per heavy atom. The molecule has 4 heterocycles. The third-order valence-electron chi connectivity index (χ3n) is 4.47. The molecule has 0 aliphatic carbocycles. The summed E-state index contributed by atoms with van der Waals surface area (Å²) in [7, 11) is 1.81. The van der Waals surface area contributed by atoms with Crippen molar-refractivity contribution in [2.45, 2.75) is 13.1 Å². The van der Waals surface area contributed by atoms with E-state index in [9.17, 15) is 0 Å². The summed E-state index contributed by atoms with van der Waals surface area (Å²) in [5, 5.41) is 9.38. The maximum absolute atomic E-state index is 5.57. The topological polar surface area (TPSA) is 82.9 Å². The van der Waals surface area contributed by atoms with Gasteiger partial charge in [-0.25, -0.2) is 4.98 Å². The first-order chi connectivity index (χ1) is 13.3. The van der Waals surface area contributed by atoms with Gasteiger partial charge in [0.15, 0.2) is 5.96 Å². The van der Waals surface area contributed by atoms with Crippen LogP contribution < -0.4 is 5.32 Å². The van der Waals surface area contributed by atoms with E-state index in [1.807, 2.05) is 30.6 Å². The van der Waals surface area contributed by atoms with Gasteiger partial charge in [0.1, 0.15) is 12.5 Å². The van der Waals surface area contributed by atoms with Crippen molar-refractivity contribution in [1.82, 2.24) is 25.3 Å². The Labute approximate surface area is 161 Å². The molecule has 0 spiro atoms. The van der Waals surface area contributed by atoms with Gasteiger partial charge in [0.2, 0.25) is 5.89 Å². The van der Waals surface area contributed by atoms with Crippen LogP contribution in [0.5, 0.6) is 0 Å². The van der Waals surface area contributed by atoms with Crippen LogP contribution in [0.4, 0.5) is 0 Å². The van der Waals surface area contributed by atoms with Gasteiger partial charge in [0, 0.05) is 45.8 Å². The molecule has 27 heavy (non-hydrogen) atoms. The summed E-state index contributed by atoms with van der Waals surface area (Å²) in [4.78, 5) is 14.6. The Kier molecular flexibility index (Phi) is 5.50. The van der Waals surface area contributed by atoms with Gasteiger partial charge in [0.05, 0.1) is 22.8 Å². The summed E-state index contributed by atoms with van der Waals surface area (Å²) in [5.41, 5.74) is 1.84. The summed E-state index contributed by atoms with van der Waals surface area (Å²) in [6, 6.07) is 5.91. The predicted molar refractivity (Wildman–Crippen MR) is 103 cm³/mol. The number of thiophene rings is 1. The van der Waals surface area contributed by atoms with Gasteiger partial charge >= 0.3 is 0 Å². The average molecular weight is 386 g/mol. The fourth-order valence-corrected chi connectivity index (χ4v) is 3.72. The van der Waals surface area contributed by atoms with Crippen molar-refractivity contribution < 1.29 is 8.94 Å². The minimum atomic E-state index is 0.584. The molecule has 1 N–H and O–H groups in total. The molecule has 1 aliphatic rings. The Morgan fingerprint density at radius 1 is 1.26 bits per heavy atom. The highest BCUT2D eigenvalue weighted by atomic mass is 32.1. The zero-order valence-electron chi connectivity index (χ0n) is 15.2. The van der Waals surface area contributed by atoms with E-state index in [0.29, 0.717) is 12.4 Å². The molecule has 0 bridgehead atoms. The Hall–Kier alpha value is -2.65. The largest absolute Gasteiger partial charge is 0.443 e. The molecule has 0 atom stereocenters. The molecule has 0 radical (unpaired) electrons. The highest BCUT2D eigenvalue weighted by Crippen LogP contribution is 2.23. The van der Waals surface area contributed by atoms with E-state index in [1.165, 1.54) is 0 Å². The zero-order valence-corrected chi connectivity index (χ0v) is 16.0. The molecule has 3 aromatic rings. The molecule has 4 rings (SSSR count). The maximum atomic E-state index is 5.57. The Morgan fingerprint density at radius 2 is 2.15 bits per heavy atom. The number of aliphatic imine (C=N–C) groups is 1. The van der Waals surface area contributed by atoms with Gasteiger partial charge in [-0.15, -0.1) is 11.3 Å². The first-order valence-corrected chi connectivity index (χ1v) is 9.75. The second-order valence-corrected chi connectivity index (χ2v) is 7.22. The summed E-state index contributed by atoms with van der Waals surface area (Å²) in [6.07, 6.45) is 3.32. The number of guanidine groups is 1. The molecule has 1 saturated heterocycles. The second-order valence-electron chi connectivity index (χ2n) is 6.28. The number of hydrogen-bond acceptors (Lipinski definition) is 7. The number of nitrogens with zero attached hydrogens (tertiary/aromatic N) is 5. The molecule has 0 aromatic carbocycles. The second kappa shape index (κ2) is 8.36. The van der Waals surface area contributed by atoms with Crippen LogP contribution in [0.15, 0.2) is 50.0 Å². The molecule has 0 unspecified atom stereocenters. The summed E-state index contributed by atoms with van der Waals surface area (Å²) < 4.78 is 10.5. The fourth-order valence-electron chi connectivity index (χ4n) is 3.07. The van der Waals surface area contributed by atoms with Crippen molar-refractivity contribution in [2.24, 2.45) is 4.99 Å². The van der Waals surface area contributed by atoms with Gasteiger partial charge in [-0.1, -0.05) is 11.2 Å². The minimum Gasteiger partial charge on any atom is -0.443 e. The lowest BCUT2D eigenvalue weighted by atomic mass is 10.3. The number of oxazole rings is 1. The molecule has 1 aliphatic heterocycles. The van der Waals surface area contributed by atoms with Crippen molar-refractivity contribution >= 4 is 17.3 Å². The van der Waals surface area contributed by atoms with Crippen molar-refractivity contribution in [2.75, 3.05) is 33.2 Å². The summed E-state index contributed by atoms with van der Waals surface area (Å²) in [5.74, 6) is 1.55. The van der Waals surface area contributed by atoms with Gasteiger partial charge in [-0.2, -0.15) is 0 Å². The fraction of sp³-hybridized carbons (Fsp3) is 0.389. The van der Waals surface area contributed by atoms with E-state index in [4.69, 9.17) is 8.94 Å². The molecular weight excluding hydrogens is 364 g/mol. The lowest BCUT2D eigenvalue weighted by molar-refractivity contribution is 0.169. The van der Waals surface area contributed by atoms with Crippen LogP contribution in [0.25, 0.3) is 10.8 Å². The highest BCUT2D eigenvalue weighted by Gasteiger charge is 2.20. The van der Waals surface area contributed by atoms with E-state index in [0.717, 1.165) is 54.9 Å². The molecule has 142 valence electrons. The third-order valence-corrected chi connectivity index (χ3v) is 5.33.